The Morgan fingerprint density at radius 1 is 0.778 bits per heavy atom. The van der Waals surface area contributed by atoms with Crippen molar-refractivity contribution in [3.05, 3.63) is 108 Å². The molecule has 5 rings (SSSR count). The van der Waals surface area contributed by atoms with Crippen LogP contribution in [0.25, 0.3) is 16.8 Å². The Morgan fingerprint density at radius 3 is 2.28 bits per heavy atom. The molecule has 0 radical (unpaired) electrons. The lowest BCUT2D eigenvalue weighted by atomic mass is 10.1. The number of hydrogen-bond donors (Lipinski definition) is 2. The topological polar surface area (TPSA) is 87.5 Å². The highest BCUT2D eigenvalue weighted by atomic mass is 35.5. The van der Waals surface area contributed by atoms with Gasteiger partial charge in [-0.15, -0.1) is 5.11 Å². The molecule has 0 aliphatic heterocycles. The van der Waals surface area contributed by atoms with Crippen molar-refractivity contribution >= 4 is 63.1 Å². The van der Waals surface area contributed by atoms with E-state index in [0.717, 1.165) is 33.3 Å². The van der Waals surface area contributed by atoms with Crippen LogP contribution in [-0.2, 0) is 0 Å². The van der Waals surface area contributed by atoms with Crippen molar-refractivity contribution in [3.8, 4) is 0 Å². The summed E-state index contributed by atoms with van der Waals surface area (Å²) >= 11 is 6.23. The van der Waals surface area contributed by atoms with E-state index in [1.807, 2.05) is 91.9 Å². The molecule has 4 aromatic carbocycles. The minimum Gasteiger partial charge on any atom is -0.324 e. The summed E-state index contributed by atoms with van der Waals surface area (Å²) in [7, 11) is 0. The number of aromatic nitrogens is 3. The van der Waals surface area contributed by atoms with E-state index in [-0.39, 0.29) is 11.2 Å². The molecule has 1 heterocycles. The van der Waals surface area contributed by atoms with Gasteiger partial charge in [0.2, 0.25) is 17.2 Å². The molecule has 5 aromatic rings. The molecule has 0 bridgehead atoms. The molecule has 0 atom stereocenters. The molecular formula is C28H22ClN7. The molecule has 0 saturated carbocycles. The molecule has 0 aliphatic carbocycles. The van der Waals surface area contributed by atoms with E-state index in [9.17, 15) is 0 Å². The van der Waals surface area contributed by atoms with Crippen LogP contribution in [0.4, 0.5) is 34.6 Å². The van der Waals surface area contributed by atoms with Gasteiger partial charge in [0.15, 0.2) is 0 Å². The van der Waals surface area contributed by atoms with Crippen LogP contribution in [0.3, 0.4) is 0 Å². The number of hydrogen-bond acceptors (Lipinski definition) is 7. The first-order valence-electron chi connectivity index (χ1n) is 11.3. The summed E-state index contributed by atoms with van der Waals surface area (Å²) in [5.41, 5.74) is 5.02. The van der Waals surface area contributed by atoms with Crippen molar-refractivity contribution in [2.24, 2.45) is 10.2 Å². The summed E-state index contributed by atoms with van der Waals surface area (Å²) in [5.74, 6) is 0.593. The minimum atomic E-state index is 0.0570. The van der Waals surface area contributed by atoms with E-state index in [0.29, 0.717) is 17.3 Å². The van der Waals surface area contributed by atoms with Crippen LogP contribution in [0.5, 0.6) is 0 Å². The first-order valence-corrected chi connectivity index (χ1v) is 11.6. The Kier molecular flexibility index (Phi) is 6.64. The number of benzene rings is 4. The summed E-state index contributed by atoms with van der Waals surface area (Å²) in [6.07, 6.45) is 1.78. The molecule has 0 saturated heterocycles. The largest absolute Gasteiger partial charge is 0.324 e. The van der Waals surface area contributed by atoms with E-state index in [4.69, 9.17) is 11.6 Å². The van der Waals surface area contributed by atoms with Gasteiger partial charge in [-0.05, 0) is 59.3 Å². The molecule has 0 spiro atoms. The van der Waals surface area contributed by atoms with Gasteiger partial charge in [0.1, 0.15) is 5.69 Å². The highest BCUT2D eigenvalue weighted by molar-refractivity contribution is 6.28. The molecule has 0 aliphatic rings. The second-order valence-corrected chi connectivity index (χ2v) is 8.34. The Hall–Kier alpha value is -4.62. The molecule has 0 amide bonds. The van der Waals surface area contributed by atoms with Crippen LogP contribution in [-0.4, -0.2) is 15.0 Å². The Balaban J connectivity index is 1.50. The van der Waals surface area contributed by atoms with Crippen LogP contribution in [0, 0.1) is 6.92 Å². The number of halogens is 1. The summed E-state index contributed by atoms with van der Waals surface area (Å²) in [6, 6.07) is 27.5. The number of anilines is 4. The van der Waals surface area contributed by atoms with Crippen LogP contribution >= 0.6 is 11.6 Å². The summed E-state index contributed by atoms with van der Waals surface area (Å²) in [5, 5.41) is 17.6. The van der Waals surface area contributed by atoms with Gasteiger partial charge in [0, 0.05) is 11.1 Å². The van der Waals surface area contributed by atoms with Gasteiger partial charge in [0.05, 0.1) is 11.4 Å². The first-order chi connectivity index (χ1) is 17.6. The van der Waals surface area contributed by atoms with E-state index in [1.165, 1.54) is 0 Å². The fourth-order valence-electron chi connectivity index (χ4n) is 3.66. The lowest BCUT2D eigenvalue weighted by Gasteiger charge is -2.12. The number of rotatable bonds is 7. The van der Waals surface area contributed by atoms with Crippen LogP contribution in [0.2, 0.25) is 5.28 Å². The zero-order valence-corrected chi connectivity index (χ0v) is 20.2. The van der Waals surface area contributed by atoms with Crippen molar-refractivity contribution in [3.63, 3.8) is 0 Å². The number of azo groups is 1. The highest BCUT2D eigenvalue weighted by Gasteiger charge is 2.12. The number of nitrogens with one attached hydrogen (secondary N) is 2. The fourth-order valence-corrected chi connectivity index (χ4v) is 3.82. The van der Waals surface area contributed by atoms with Crippen molar-refractivity contribution in [1.29, 1.82) is 0 Å². The molecule has 36 heavy (non-hydrogen) atoms. The van der Waals surface area contributed by atoms with Gasteiger partial charge in [-0.25, -0.2) is 0 Å². The third-order valence-electron chi connectivity index (χ3n) is 5.53. The highest BCUT2D eigenvalue weighted by Crippen LogP contribution is 2.37. The molecule has 2 N–H and O–H groups in total. The van der Waals surface area contributed by atoms with E-state index >= 15 is 0 Å². The van der Waals surface area contributed by atoms with Gasteiger partial charge in [0.25, 0.3) is 0 Å². The molecule has 0 unspecified atom stereocenters. The third kappa shape index (κ3) is 5.21. The molecule has 8 heteroatoms. The van der Waals surface area contributed by atoms with Gasteiger partial charge in [-0.1, -0.05) is 73.3 Å². The van der Waals surface area contributed by atoms with Crippen LogP contribution < -0.4 is 10.6 Å². The number of aryl methyl sites for hydroxylation is 1. The van der Waals surface area contributed by atoms with Crippen molar-refractivity contribution in [2.45, 2.75) is 6.92 Å². The lowest BCUT2D eigenvalue weighted by Crippen LogP contribution is -2.04. The predicted molar refractivity (Wildman–Crippen MR) is 147 cm³/mol. The quantitative estimate of drug-likeness (QED) is 0.223. The summed E-state index contributed by atoms with van der Waals surface area (Å²) in [4.78, 5) is 13.0. The Labute approximate surface area is 213 Å². The van der Waals surface area contributed by atoms with Crippen molar-refractivity contribution in [1.82, 2.24) is 15.0 Å². The zero-order valence-electron chi connectivity index (χ0n) is 19.5. The second-order valence-electron chi connectivity index (χ2n) is 8.00. The molecule has 0 fully saturated rings. The van der Waals surface area contributed by atoms with Crippen LogP contribution in [0.15, 0.2) is 102 Å². The van der Waals surface area contributed by atoms with Gasteiger partial charge < -0.3 is 10.6 Å². The van der Waals surface area contributed by atoms with E-state index in [1.54, 1.807) is 6.08 Å². The van der Waals surface area contributed by atoms with Gasteiger partial charge >= 0.3 is 0 Å². The number of nitrogens with zero attached hydrogens (tertiary/aromatic N) is 5. The van der Waals surface area contributed by atoms with Crippen LogP contribution in [0.1, 0.15) is 11.1 Å². The Bertz CT molecular complexity index is 1580. The van der Waals surface area contributed by atoms with E-state index in [2.05, 4.69) is 42.4 Å². The summed E-state index contributed by atoms with van der Waals surface area (Å²) < 4.78 is 0. The average Bonchev–Trinajstić information content (AvgIpc) is 2.89. The first kappa shape index (κ1) is 23.1. The predicted octanol–water partition coefficient (Wildman–Crippen LogP) is 8.53. The molecule has 7 nitrogen and oxygen atoms in total. The number of fused-ring (bicyclic) bond motifs is 1. The second kappa shape index (κ2) is 10.3. The normalized spacial score (nSPS) is 11.1. The molecular weight excluding hydrogens is 470 g/mol. The van der Waals surface area contributed by atoms with Crippen molar-refractivity contribution in [2.75, 3.05) is 10.6 Å². The standard InChI is InChI=1S/C28H22ClN7/c1-3-19-12-15-21(16-13-19)30-27-32-26(29)33-28(34-27)31-24-17-14-20-9-5-6-10-22(20)25(24)36-35-23-11-7-4-8-18(23)2/h3-17H,1H2,2H3,(H2,30,31,32,33,34). The Morgan fingerprint density at radius 2 is 1.50 bits per heavy atom. The van der Waals surface area contributed by atoms with E-state index < -0.39 is 0 Å². The maximum Gasteiger partial charge on any atom is 0.233 e. The zero-order chi connectivity index (χ0) is 24.9. The van der Waals surface area contributed by atoms with Gasteiger partial charge in [-0.3, -0.25) is 0 Å². The SMILES string of the molecule is C=Cc1ccc(Nc2nc(Cl)nc(Nc3ccc4ccccc4c3N=Nc3ccccc3C)n2)cc1. The third-order valence-corrected chi connectivity index (χ3v) is 5.70. The lowest BCUT2D eigenvalue weighted by molar-refractivity contribution is 1.06. The minimum absolute atomic E-state index is 0.0570. The monoisotopic (exact) mass is 491 g/mol. The smallest absolute Gasteiger partial charge is 0.233 e. The fraction of sp³-hybridized carbons (Fsp3) is 0.0357. The van der Waals surface area contributed by atoms with Crippen molar-refractivity contribution < 1.29 is 0 Å². The maximum atomic E-state index is 6.23. The average molecular weight is 492 g/mol. The maximum absolute atomic E-state index is 6.23. The molecule has 176 valence electrons. The van der Waals surface area contributed by atoms with Gasteiger partial charge in [-0.2, -0.15) is 20.1 Å². The summed E-state index contributed by atoms with van der Waals surface area (Å²) in [6.45, 7) is 5.78. The molecule has 1 aromatic heterocycles.